The van der Waals surface area contributed by atoms with Gasteiger partial charge in [-0.3, -0.25) is 9.20 Å². The fourth-order valence-electron chi connectivity index (χ4n) is 2.65. The van der Waals surface area contributed by atoms with Gasteiger partial charge in [-0.15, -0.1) is 10.2 Å². The molecule has 0 bridgehead atoms. The molecule has 0 spiro atoms. The molecule has 0 unspecified atom stereocenters. The zero-order valence-electron chi connectivity index (χ0n) is 13.0. The molecule has 118 valence electrons. The van der Waals surface area contributed by atoms with Crippen LogP contribution in [0.5, 0.6) is 0 Å². The van der Waals surface area contributed by atoms with Gasteiger partial charge in [0.05, 0.1) is 5.25 Å². The van der Waals surface area contributed by atoms with E-state index < -0.39 is 0 Å². The number of aromatic nitrogens is 3. The van der Waals surface area contributed by atoms with Crippen molar-refractivity contribution in [2.75, 3.05) is 32.7 Å². The molecule has 1 atom stereocenters. The second kappa shape index (κ2) is 6.66. The molecule has 1 amide bonds. The van der Waals surface area contributed by atoms with Crippen LogP contribution in [0.1, 0.15) is 13.8 Å². The number of carbonyl (C=O) groups is 1. The van der Waals surface area contributed by atoms with E-state index in [1.54, 1.807) is 0 Å². The van der Waals surface area contributed by atoms with Gasteiger partial charge < -0.3 is 9.80 Å². The monoisotopic (exact) mass is 319 g/mol. The van der Waals surface area contributed by atoms with Crippen LogP contribution in [-0.2, 0) is 4.79 Å². The normalized spacial score (nSPS) is 17.8. The highest BCUT2D eigenvalue weighted by Gasteiger charge is 2.26. The maximum Gasteiger partial charge on any atom is 0.235 e. The van der Waals surface area contributed by atoms with Gasteiger partial charge in [0.2, 0.25) is 5.91 Å². The average molecular weight is 319 g/mol. The van der Waals surface area contributed by atoms with Crippen LogP contribution in [0.15, 0.2) is 29.6 Å². The van der Waals surface area contributed by atoms with Gasteiger partial charge in [0.1, 0.15) is 0 Å². The Morgan fingerprint density at radius 1 is 1.27 bits per heavy atom. The third kappa shape index (κ3) is 3.10. The summed E-state index contributed by atoms with van der Waals surface area (Å²) in [7, 11) is 0. The first kappa shape index (κ1) is 15.3. The van der Waals surface area contributed by atoms with Gasteiger partial charge in [-0.1, -0.05) is 24.8 Å². The molecular formula is C15H21N5OS. The first-order valence-electron chi connectivity index (χ1n) is 7.66. The van der Waals surface area contributed by atoms with E-state index in [4.69, 9.17) is 0 Å². The molecule has 1 fully saturated rings. The highest BCUT2D eigenvalue weighted by molar-refractivity contribution is 8.00. The lowest BCUT2D eigenvalue weighted by atomic mass is 10.3. The summed E-state index contributed by atoms with van der Waals surface area (Å²) in [5, 5.41) is 8.93. The van der Waals surface area contributed by atoms with Crippen LogP contribution in [0.3, 0.4) is 0 Å². The summed E-state index contributed by atoms with van der Waals surface area (Å²) in [5.74, 6) is 0.188. The van der Waals surface area contributed by atoms with E-state index in [-0.39, 0.29) is 11.2 Å². The molecule has 0 aliphatic carbocycles. The number of nitrogens with zero attached hydrogens (tertiary/aromatic N) is 5. The molecule has 0 N–H and O–H groups in total. The van der Waals surface area contributed by atoms with Gasteiger partial charge in [-0.05, 0) is 25.6 Å². The maximum absolute atomic E-state index is 12.6. The third-order valence-electron chi connectivity index (χ3n) is 4.04. The van der Waals surface area contributed by atoms with Crippen LogP contribution >= 0.6 is 11.8 Å². The van der Waals surface area contributed by atoms with Crippen LogP contribution in [0.4, 0.5) is 0 Å². The van der Waals surface area contributed by atoms with Gasteiger partial charge in [-0.25, -0.2) is 0 Å². The van der Waals surface area contributed by atoms with Gasteiger partial charge in [-0.2, -0.15) is 0 Å². The van der Waals surface area contributed by atoms with Crippen LogP contribution in [-0.4, -0.2) is 68.3 Å². The van der Waals surface area contributed by atoms with Crippen LogP contribution in [0, 0.1) is 0 Å². The first-order chi connectivity index (χ1) is 10.7. The number of carbonyl (C=O) groups excluding carboxylic acids is 1. The number of hydrogen-bond acceptors (Lipinski definition) is 5. The number of thioether (sulfide) groups is 1. The van der Waals surface area contributed by atoms with E-state index in [0.717, 1.165) is 43.5 Å². The molecule has 0 radical (unpaired) electrons. The van der Waals surface area contributed by atoms with E-state index in [0.29, 0.717) is 0 Å². The molecule has 2 aromatic rings. The molecule has 7 heteroatoms. The Morgan fingerprint density at radius 3 is 2.77 bits per heavy atom. The van der Waals surface area contributed by atoms with E-state index in [1.807, 2.05) is 40.6 Å². The minimum atomic E-state index is -0.152. The van der Waals surface area contributed by atoms with Crippen LogP contribution in [0.2, 0.25) is 0 Å². The molecule has 0 aromatic carbocycles. The Kier molecular flexibility index (Phi) is 4.63. The number of piperazine rings is 1. The number of fused-ring (bicyclic) bond motifs is 1. The maximum atomic E-state index is 12.6. The van der Waals surface area contributed by atoms with Crippen molar-refractivity contribution in [3.8, 4) is 0 Å². The molecule has 1 aliphatic rings. The summed E-state index contributed by atoms with van der Waals surface area (Å²) in [5.41, 5.74) is 0.807. The van der Waals surface area contributed by atoms with E-state index in [9.17, 15) is 4.79 Å². The summed E-state index contributed by atoms with van der Waals surface area (Å²) in [6.07, 6.45) is 1.93. The minimum Gasteiger partial charge on any atom is -0.339 e. The highest BCUT2D eigenvalue weighted by atomic mass is 32.2. The Labute approximate surface area is 134 Å². The quantitative estimate of drug-likeness (QED) is 0.797. The Bertz CT molecular complexity index is 650. The highest BCUT2D eigenvalue weighted by Crippen LogP contribution is 2.23. The molecule has 3 rings (SSSR count). The molecule has 1 aliphatic heterocycles. The van der Waals surface area contributed by atoms with Crippen molar-refractivity contribution in [1.29, 1.82) is 0 Å². The lowest BCUT2D eigenvalue weighted by Gasteiger charge is -2.35. The van der Waals surface area contributed by atoms with E-state index in [2.05, 4.69) is 22.0 Å². The predicted octanol–water partition coefficient (Wildman–Crippen LogP) is 1.37. The van der Waals surface area contributed by atoms with Crippen molar-refractivity contribution in [3.05, 3.63) is 24.4 Å². The lowest BCUT2D eigenvalue weighted by molar-refractivity contribution is -0.132. The minimum absolute atomic E-state index is 0.152. The van der Waals surface area contributed by atoms with Crippen LogP contribution in [0.25, 0.3) is 5.65 Å². The smallest absolute Gasteiger partial charge is 0.235 e. The summed E-state index contributed by atoms with van der Waals surface area (Å²) < 4.78 is 1.92. The molecule has 22 heavy (non-hydrogen) atoms. The summed E-state index contributed by atoms with van der Waals surface area (Å²) in [6, 6.07) is 5.78. The van der Waals surface area contributed by atoms with Crippen LogP contribution < -0.4 is 0 Å². The summed E-state index contributed by atoms with van der Waals surface area (Å²) in [4.78, 5) is 16.9. The third-order valence-corrected chi connectivity index (χ3v) is 5.09. The number of likely N-dealkylation sites (N-methyl/N-ethyl adjacent to an activating group) is 1. The number of pyridine rings is 1. The topological polar surface area (TPSA) is 53.7 Å². The number of rotatable bonds is 4. The van der Waals surface area contributed by atoms with Crippen molar-refractivity contribution in [2.45, 2.75) is 24.3 Å². The van der Waals surface area contributed by atoms with Crippen molar-refractivity contribution >= 4 is 23.3 Å². The fourth-order valence-corrected chi connectivity index (χ4v) is 3.57. The average Bonchev–Trinajstić information content (AvgIpc) is 2.97. The Morgan fingerprint density at radius 2 is 2.05 bits per heavy atom. The molecular weight excluding hydrogens is 298 g/mol. The lowest BCUT2D eigenvalue weighted by Crippen LogP contribution is -2.50. The SMILES string of the molecule is CCN1CCN(C(=O)[C@@H](C)Sc2nnc3ccccn23)CC1. The second-order valence-electron chi connectivity index (χ2n) is 5.43. The van der Waals surface area contributed by atoms with Gasteiger partial charge in [0, 0.05) is 32.4 Å². The largest absolute Gasteiger partial charge is 0.339 e. The van der Waals surface area contributed by atoms with Crippen molar-refractivity contribution in [2.24, 2.45) is 0 Å². The zero-order chi connectivity index (χ0) is 15.5. The Balaban J connectivity index is 1.64. The van der Waals surface area contributed by atoms with Crippen molar-refractivity contribution < 1.29 is 4.79 Å². The molecule has 3 heterocycles. The Hall–Kier alpha value is -1.60. The zero-order valence-corrected chi connectivity index (χ0v) is 13.8. The van der Waals surface area contributed by atoms with Gasteiger partial charge in [0.25, 0.3) is 0 Å². The summed E-state index contributed by atoms with van der Waals surface area (Å²) in [6.45, 7) is 8.73. The van der Waals surface area contributed by atoms with Gasteiger partial charge in [0.15, 0.2) is 10.8 Å². The standard InChI is InChI=1S/C15H21N5OS/c1-3-18-8-10-19(11-9-18)14(21)12(2)22-15-17-16-13-6-4-5-7-20(13)15/h4-7,12H,3,8-11H2,1-2H3/t12-/m1/s1. The predicted molar refractivity (Wildman–Crippen MR) is 87.0 cm³/mol. The first-order valence-corrected chi connectivity index (χ1v) is 8.54. The fraction of sp³-hybridized carbons (Fsp3) is 0.533. The van der Waals surface area contributed by atoms with E-state index >= 15 is 0 Å². The molecule has 2 aromatic heterocycles. The molecule has 1 saturated heterocycles. The number of hydrogen-bond donors (Lipinski definition) is 0. The number of amides is 1. The summed E-state index contributed by atoms with van der Waals surface area (Å²) >= 11 is 1.47. The van der Waals surface area contributed by atoms with E-state index in [1.165, 1.54) is 11.8 Å². The molecule has 6 nitrogen and oxygen atoms in total. The van der Waals surface area contributed by atoms with Gasteiger partial charge >= 0.3 is 0 Å². The van der Waals surface area contributed by atoms with Crippen molar-refractivity contribution in [3.63, 3.8) is 0 Å². The van der Waals surface area contributed by atoms with Crippen molar-refractivity contribution in [1.82, 2.24) is 24.4 Å². The second-order valence-corrected chi connectivity index (χ2v) is 6.74. The molecule has 0 saturated carbocycles.